The summed E-state index contributed by atoms with van der Waals surface area (Å²) in [6, 6.07) is 16.3. The van der Waals surface area contributed by atoms with Gasteiger partial charge in [-0.2, -0.15) is 4.98 Å². The molecule has 0 N–H and O–H groups in total. The number of aromatic nitrogens is 2. The molecule has 3 heterocycles. The van der Waals surface area contributed by atoms with Crippen molar-refractivity contribution < 1.29 is 9.32 Å². The van der Waals surface area contributed by atoms with Gasteiger partial charge in [0, 0.05) is 25.2 Å². The molecule has 0 unspecified atom stereocenters. The van der Waals surface area contributed by atoms with E-state index in [-0.39, 0.29) is 11.9 Å². The monoisotopic (exact) mass is 402 g/mol. The molecule has 5 rings (SSSR count). The van der Waals surface area contributed by atoms with Gasteiger partial charge in [0.15, 0.2) is 5.82 Å². The number of likely N-dealkylation sites (tertiary alicyclic amines) is 1. The van der Waals surface area contributed by atoms with Gasteiger partial charge >= 0.3 is 0 Å². The van der Waals surface area contributed by atoms with Gasteiger partial charge < -0.3 is 9.42 Å². The number of carbonyl (C=O) groups is 1. The molecule has 1 fully saturated rings. The van der Waals surface area contributed by atoms with Crippen molar-refractivity contribution in [3.8, 4) is 11.5 Å². The molecule has 6 heteroatoms. The van der Waals surface area contributed by atoms with E-state index in [1.807, 2.05) is 36.1 Å². The number of hydrogen-bond acceptors (Lipinski definition) is 5. The van der Waals surface area contributed by atoms with E-state index >= 15 is 0 Å². The Balaban J connectivity index is 1.40. The highest BCUT2D eigenvalue weighted by Gasteiger charge is 2.35. The Morgan fingerprint density at radius 2 is 1.90 bits per heavy atom. The lowest BCUT2D eigenvalue weighted by Gasteiger charge is -2.37. The molecule has 2 aliphatic rings. The smallest absolute Gasteiger partial charge is 0.257 e. The molecule has 154 valence electrons. The highest BCUT2D eigenvalue weighted by Crippen LogP contribution is 2.27. The first-order valence-corrected chi connectivity index (χ1v) is 10.7. The van der Waals surface area contributed by atoms with Gasteiger partial charge in [-0.25, -0.2) is 0 Å². The Hall–Kier alpha value is -2.99. The number of amides is 1. The van der Waals surface area contributed by atoms with Gasteiger partial charge in [0.05, 0.1) is 12.6 Å². The molecule has 3 aromatic rings. The van der Waals surface area contributed by atoms with E-state index in [9.17, 15) is 4.79 Å². The van der Waals surface area contributed by atoms with Crippen molar-refractivity contribution in [2.75, 3.05) is 13.1 Å². The van der Waals surface area contributed by atoms with Crippen molar-refractivity contribution in [2.24, 2.45) is 0 Å². The highest BCUT2D eigenvalue weighted by atomic mass is 16.5. The molecule has 0 aliphatic carbocycles. The number of nitrogens with zero attached hydrogens (tertiary/aromatic N) is 4. The molecule has 0 bridgehead atoms. The van der Waals surface area contributed by atoms with Crippen molar-refractivity contribution in [3.63, 3.8) is 0 Å². The zero-order valence-electron chi connectivity index (χ0n) is 17.3. The van der Waals surface area contributed by atoms with Crippen LogP contribution in [0.3, 0.4) is 0 Å². The van der Waals surface area contributed by atoms with Gasteiger partial charge in [-0.1, -0.05) is 47.1 Å². The van der Waals surface area contributed by atoms with E-state index in [1.165, 1.54) is 11.1 Å². The van der Waals surface area contributed by atoms with Crippen LogP contribution in [0.2, 0.25) is 0 Å². The molecule has 0 radical (unpaired) electrons. The summed E-state index contributed by atoms with van der Waals surface area (Å²) in [5.41, 5.74) is 4.60. The summed E-state index contributed by atoms with van der Waals surface area (Å²) in [5, 5.41) is 4.21. The number of carbonyl (C=O) groups excluding carboxylic acids is 1. The Morgan fingerprint density at radius 3 is 2.70 bits per heavy atom. The molecule has 1 aromatic heterocycles. The molecule has 30 heavy (non-hydrogen) atoms. The Kier molecular flexibility index (Phi) is 5.09. The van der Waals surface area contributed by atoms with Crippen LogP contribution in [0, 0.1) is 6.92 Å². The normalized spacial score (nSPS) is 19.1. The molecule has 2 aromatic carbocycles. The zero-order chi connectivity index (χ0) is 20.5. The SMILES string of the molecule is Cc1cccc(-c2nc(CN3Cc4ccccc4C[C@@H]3C(=O)N3CCCC3)no2)c1. The first-order chi connectivity index (χ1) is 14.7. The van der Waals surface area contributed by atoms with Gasteiger partial charge in [0.1, 0.15) is 0 Å². The van der Waals surface area contributed by atoms with Gasteiger partial charge in [-0.3, -0.25) is 9.69 Å². The molecular weight excluding hydrogens is 376 g/mol. The van der Waals surface area contributed by atoms with Crippen molar-refractivity contribution in [1.82, 2.24) is 19.9 Å². The van der Waals surface area contributed by atoms with E-state index < -0.39 is 0 Å². The summed E-state index contributed by atoms with van der Waals surface area (Å²) < 4.78 is 5.53. The second-order valence-corrected chi connectivity index (χ2v) is 8.31. The third-order valence-corrected chi connectivity index (χ3v) is 6.13. The molecule has 1 saturated heterocycles. The lowest BCUT2D eigenvalue weighted by Crippen LogP contribution is -2.50. The van der Waals surface area contributed by atoms with Crippen LogP contribution in [0.15, 0.2) is 53.1 Å². The summed E-state index contributed by atoms with van der Waals surface area (Å²) in [7, 11) is 0. The maximum atomic E-state index is 13.3. The molecule has 6 nitrogen and oxygen atoms in total. The molecule has 2 aliphatic heterocycles. The number of fused-ring (bicyclic) bond motifs is 1. The maximum absolute atomic E-state index is 13.3. The predicted octanol–water partition coefficient (Wildman–Crippen LogP) is 3.59. The largest absolute Gasteiger partial charge is 0.341 e. The van der Waals surface area contributed by atoms with E-state index in [4.69, 9.17) is 4.52 Å². The minimum atomic E-state index is -0.182. The Labute approximate surface area is 176 Å². The lowest BCUT2D eigenvalue weighted by molar-refractivity contribution is -0.136. The predicted molar refractivity (Wildman–Crippen MR) is 113 cm³/mol. The molecule has 0 saturated carbocycles. The fraction of sp³-hybridized carbons (Fsp3) is 0.375. The van der Waals surface area contributed by atoms with Crippen molar-refractivity contribution in [2.45, 2.75) is 45.3 Å². The van der Waals surface area contributed by atoms with Gasteiger partial charge in [-0.15, -0.1) is 0 Å². The minimum absolute atomic E-state index is 0.182. The average molecular weight is 402 g/mol. The highest BCUT2D eigenvalue weighted by molar-refractivity contribution is 5.83. The van der Waals surface area contributed by atoms with Crippen molar-refractivity contribution in [1.29, 1.82) is 0 Å². The summed E-state index contributed by atoms with van der Waals surface area (Å²) in [6.07, 6.45) is 2.92. The van der Waals surface area contributed by atoms with E-state index in [0.29, 0.717) is 18.3 Å². The van der Waals surface area contributed by atoms with E-state index in [2.05, 4.69) is 39.3 Å². The van der Waals surface area contributed by atoms with Gasteiger partial charge in [0.2, 0.25) is 5.91 Å². The average Bonchev–Trinajstić information content (AvgIpc) is 3.45. The lowest BCUT2D eigenvalue weighted by atomic mass is 9.93. The van der Waals surface area contributed by atoms with Gasteiger partial charge in [-0.05, 0) is 49.4 Å². The fourth-order valence-corrected chi connectivity index (χ4v) is 4.53. The second-order valence-electron chi connectivity index (χ2n) is 8.31. The summed E-state index contributed by atoms with van der Waals surface area (Å²) in [4.78, 5) is 22.1. The molecule has 0 spiro atoms. The number of rotatable bonds is 4. The first-order valence-electron chi connectivity index (χ1n) is 10.7. The topological polar surface area (TPSA) is 62.5 Å². The van der Waals surface area contributed by atoms with Gasteiger partial charge in [0.25, 0.3) is 5.89 Å². The van der Waals surface area contributed by atoms with Crippen LogP contribution in [-0.4, -0.2) is 45.0 Å². The zero-order valence-corrected chi connectivity index (χ0v) is 17.3. The van der Waals surface area contributed by atoms with Crippen LogP contribution in [-0.2, 0) is 24.3 Å². The second kappa shape index (κ2) is 8.03. The van der Waals surface area contributed by atoms with Crippen LogP contribution >= 0.6 is 0 Å². The maximum Gasteiger partial charge on any atom is 0.257 e. The van der Waals surface area contributed by atoms with Crippen LogP contribution in [0.25, 0.3) is 11.5 Å². The van der Waals surface area contributed by atoms with Crippen molar-refractivity contribution in [3.05, 3.63) is 71.0 Å². The molecular formula is C24H26N4O2. The third kappa shape index (κ3) is 3.75. The van der Waals surface area contributed by atoms with Crippen LogP contribution < -0.4 is 0 Å². The fourth-order valence-electron chi connectivity index (χ4n) is 4.53. The molecule has 1 atom stereocenters. The number of aryl methyl sites for hydroxylation is 1. The van der Waals surface area contributed by atoms with E-state index in [0.717, 1.165) is 50.0 Å². The Morgan fingerprint density at radius 1 is 1.10 bits per heavy atom. The van der Waals surface area contributed by atoms with E-state index in [1.54, 1.807) is 0 Å². The standard InChI is InChI=1S/C24H26N4O2/c1-17-7-6-10-19(13-17)23-25-22(26-30-23)16-28-15-20-9-3-2-8-18(20)14-21(28)24(29)27-11-4-5-12-27/h2-3,6-10,13,21H,4-5,11-12,14-16H2,1H3/t21-/m1/s1. The van der Waals surface area contributed by atoms with Crippen LogP contribution in [0.1, 0.15) is 35.4 Å². The number of hydrogen-bond donors (Lipinski definition) is 0. The summed E-state index contributed by atoms with van der Waals surface area (Å²) in [5.74, 6) is 1.36. The minimum Gasteiger partial charge on any atom is -0.341 e. The summed E-state index contributed by atoms with van der Waals surface area (Å²) >= 11 is 0. The summed E-state index contributed by atoms with van der Waals surface area (Å²) in [6.45, 7) is 4.98. The quantitative estimate of drug-likeness (QED) is 0.667. The van der Waals surface area contributed by atoms with Crippen LogP contribution in [0.4, 0.5) is 0 Å². The Bertz CT molecular complexity index is 1050. The molecule has 1 amide bonds. The van der Waals surface area contributed by atoms with Crippen LogP contribution in [0.5, 0.6) is 0 Å². The first kappa shape index (κ1) is 19.0. The van der Waals surface area contributed by atoms with Crippen molar-refractivity contribution >= 4 is 5.91 Å². The third-order valence-electron chi connectivity index (χ3n) is 6.13. The number of benzene rings is 2.